The minimum Gasteiger partial charge on any atom is -0.491 e. The molecule has 0 aliphatic heterocycles. The van der Waals surface area contributed by atoms with Crippen LogP contribution in [0.2, 0.25) is 0 Å². The van der Waals surface area contributed by atoms with E-state index in [-0.39, 0.29) is 6.10 Å². The molecular weight excluding hydrogens is 198 g/mol. The summed E-state index contributed by atoms with van der Waals surface area (Å²) in [5, 5.41) is 3.25. The Kier molecular flexibility index (Phi) is 5.45. The summed E-state index contributed by atoms with van der Waals surface area (Å²) >= 11 is 0. The van der Waals surface area contributed by atoms with Gasteiger partial charge in [-0.05, 0) is 38.5 Å². The third kappa shape index (κ3) is 4.86. The molecule has 1 aromatic carbocycles. The molecule has 1 aromatic rings. The average Bonchev–Trinajstić information content (AvgIpc) is 2.26. The first kappa shape index (κ1) is 12.6. The summed E-state index contributed by atoms with van der Waals surface area (Å²) in [4.78, 5) is 0. The Morgan fingerprint density at radius 2 is 1.94 bits per heavy atom. The van der Waals surface area contributed by atoms with Crippen molar-refractivity contribution in [1.29, 1.82) is 0 Å². The van der Waals surface area contributed by atoms with Crippen LogP contribution in [0, 0.1) is 11.8 Å². The molecule has 0 fully saturated rings. The van der Waals surface area contributed by atoms with E-state index < -0.39 is 0 Å². The smallest absolute Gasteiger partial charge is 0.119 e. The van der Waals surface area contributed by atoms with Crippen molar-refractivity contribution in [3.8, 4) is 17.6 Å². The number of benzene rings is 1. The Hall–Kier alpha value is -1.46. The first-order chi connectivity index (χ1) is 7.72. The summed E-state index contributed by atoms with van der Waals surface area (Å²) < 4.78 is 5.57. The van der Waals surface area contributed by atoms with Gasteiger partial charge in [-0.1, -0.05) is 18.1 Å². The fourth-order valence-corrected chi connectivity index (χ4v) is 1.32. The van der Waals surface area contributed by atoms with Crippen molar-refractivity contribution in [2.45, 2.75) is 33.4 Å². The highest BCUT2D eigenvalue weighted by molar-refractivity contribution is 5.27. The fourth-order valence-electron chi connectivity index (χ4n) is 1.32. The van der Waals surface area contributed by atoms with Gasteiger partial charge in [0.1, 0.15) is 5.75 Å². The average molecular weight is 217 g/mol. The number of hydrogen-bond donors (Lipinski definition) is 1. The van der Waals surface area contributed by atoms with E-state index in [0.29, 0.717) is 0 Å². The van der Waals surface area contributed by atoms with Crippen molar-refractivity contribution in [2.24, 2.45) is 0 Å². The van der Waals surface area contributed by atoms with Crippen molar-refractivity contribution in [3.63, 3.8) is 0 Å². The van der Waals surface area contributed by atoms with Gasteiger partial charge in [0.15, 0.2) is 0 Å². The Morgan fingerprint density at radius 3 is 2.50 bits per heavy atom. The quantitative estimate of drug-likeness (QED) is 0.604. The molecule has 0 radical (unpaired) electrons. The van der Waals surface area contributed by atoms with E-state index >= 15 is 0 Å². The predicted molar refractivity (Wildman–Crippen MR) is 67.4 cm³/mol. The van der Waals surface area contributed by atoms with Gasteiger partial charge in [-0.15, -0.1) is 5.92 Å². The molecule has 2 heteroatoms. The van der Waals surface area contributed by atoms with Crippen LogP contribution in [0.4, 0.5) is 0 Å². The molecule has 0 aliphatic carbocycles. The molecule has 1 rings (SSSR count). The Balaban J connectivity index is 2.41. The Bertz CT molecular complexity index is 357. The third-order valence-corrected chi connectivity index (χ3v) is 2.01. The zero-order valence-corrected chi connectivity index (χ0v) is 10.2. The molecule has 0 atom stereocenters. The second-order valence-electron chi connectivity index (χ2n) is 3.84. The highest BCUT2D eigenvalue weighted by Crippen LogP contribution is 2.13. The summed E-state index contributed by atoms with van der Waals surface area (Å²) in [5.41, 5.74) is 1.24. The molecule has 0 saturated carbocycles. The highest BCUT2D eigenvalue weighted by atomic mass is 16.5. The molecule has 1 N–H and O–H groups in total. The SMILES string of the molecule is CC#CCNCc1ccc(OC(C)C)cc1. The van der Waals surface area contributed by atoms with E-state index in [9.17, 15) is 0 Å². The van der Waals surface area contributed by atoms with Gasteiger partial charge >= 0.3 is 0 Å². The van der Waals surface area contributed by atoms with E-state index in [1.165, 1.54) is 5.56 Å². The minimum absolute atomic E-state index is 0.226. The standard InChI is InChI=1S/C14H19NO/c1-4-5-10-15-11-13-6-8-14(9-7-13)16-12(2)3/h6-9,12,15H,10-11H2,1-3H3. The number of hydrogen-bond acceptors (Lipinski definition) is 2. The van der Waals surface area contributed by atoms with Gasteiger partial charge < -0.3 is 10.1 Å². The first-order valence-electron chi connectivity index (χ1n) is 5.58. The van der Waals surface area contributed by atoms with Gasteiger partial charge in [-0.25, -0.2) is 0 Å². The van der Waals surface area contributed by atoms with E-state index in [2.05, 4.69) is 29.3 Å². The van der Waals surface area contributed by atoms with Gasteiger partial charge in [0.2, 0.25) is 0 Å². The van der Waals surface area contributed by atoms with Gasteiger partial charge in [0, 0.05) is 6.54 Å². The lowest BCUT2D eigenvalue weighted by Gasteiger charge is -2.10. The summed E-state index contributed by atoms with van der Waals surface area (Å²) in [6.07, 6.45) is 0.226. The van der Waals surface area contributed by atoms with Gasteiger partial charge in [-0.2, -0.15) is 0 Å². The Labute approximate surface area is 98.0 Å². The summed E-state index contributed by atoms with van der Waals surface area (Å²) in [7, 11) is 0. The first-order valence-corrected chi connectivity index (χ1v) is 5.58. The molecule has 0 unspecified atom stereocenters. The number of rotatable bonds is 5. The number of nitrogens with one attached hydrogen (secondary N) is 1. The van der Waals surface area contributed by atoms with Crippen LogP contribution in [0.1, 0.15) is 26.3 Å². The Morgan fingerprint density at radius 1 is 1.25 bits per heavy atom. The van der Waals surface area contributed by atoms with Crippen LogP contribution < -0.4 is 10.1 Å². The van der Waals surface area contributed by atoms with Crippen LogP contribution in [0.15, 0.2) is 24.3 Å². The lowest BCUT2D eigenvalue weighted by atomic mass is 10.2. The lowest BCUT2D eigenvalue weighted by Crippen LogP contribution is -2.13. The van der Waals surface area contributed by atoms with Crippen LogP contribution >= 0.6 is 0 Å². The predicted octanol–water partition coefficient (Wildman–Crippen LogP) is 2.59. The second kappa shape index (κ2) is 6.92. The molecule has 0 aliphatic rings. The zero-order valence-electron chi connectivity index (χ0n) is 10.2. The largest absolute Gasteiger partial charge is 0.491 e. The summed E-state index contributed by atoms with van der Waals surface area (Å²) in [5.74, 6) is 6.75. The minimum atomic E-state index is 0.226. The molecule has 0 spiro atoms. The van der Waals surface area contributed by atoms with Gasteiger partial charge in [-0.3, -0.25) is 0 Å². The lowest BCUT2D eigenvalue weighted by molar-refractivity contribution is 0.242. The van der Waals surface area contributed by atoms with Gasteiger partial charge in [0.05, 0.1) is 12.6 Å². The summed E-state index contributed by atoms with van der Waals surface area (Å²) in [6, 6.07) is 8.15. The van der Waals surface area contributed by atoms with Crippen LogP contribution in [0.25, 0.3) is 0 Å². The maximum Gasteiger partial charge on any atom is 0.119 e. The van der Waals surface area contributed by atoms with Crippen molar-refractivity contribution in [2.75, 3.05) is 6.54 Å². The van der Waals surface area contributed by atoms with Crippen LogP contribution in [0.5, 0.6) is 5.75 Å². The molecule has 86 valence electrons. The van der Waals surface area contributed by atoms with E-state index in [0.717, 1.165) is 18.8 Å². The van der Waals surface area contributed by atoms with Crippen LogP contribution in [-0.2, 0) is 6.54 Å². The normalized spacial score (nSPS) is 9.75. The molecule has 0 saturated heterocycles. The van der Waals surface area contributed by atoms with E-state index in [1.807, 2.05) is 32.9 Å². The maximum absolute atomic E-state index is 5.57. The molecule has 0 amide bonds. The van der Waals surface area contributed by atoms with E-state index in [4.69, 9.17) is 4.74 Å². The highest BCUT2D eigenvalue weighted by Gasteiger charge is 1.97. The fraction of sp³-hybridized carbons (Fsp3) is 0.429. The van der Waals surface area contributed by atoms with E-state index in [1.54, 1.807) is 0 Å². The van der Waals surface area contributed by atoms with Crippen molar-refractivity contribution >= 4 is 0 Å². The number of ether oxygens (including phenoxy) is 1. The third-order valence-electron chi connectivity index (χ3n) is 2.01. The summed E-state index contributed by atoms with van der Waals surface area (Å²) in [6.45, 7) is 7.48. The molecule has 0 bridgehead atoms. The van der Waals surface area contributed by atoms with Crippen molar-refractivity contribution in [1.82, 2.24) is 5.32 Å². The van der Waals surface area contributed by atoms with Crippen molar-refractivity contribution in [3.05, 3.63) is 29.8 Å². The monoisotopic (exact) mass is 217 g/mol. The molecule has 16 heavy (non-hydrogen) atoms. The van der Waals surface area contributed by atoms with Gasteiger partial charge in [0.25, 0.3) is 0 Å². The topological polar surface area (TPSA) is 21.3 Å². The van der Waals surface area contributed by atoms with Crippen LogP contribution in [-0.4, -0.2) is 12.6 Å². The zero-order chi connectivity index (χ0) is 11.8. The van der Waals surface area contributed by atoms with Crippen LogP contribution in [0.3, 0.4) is 0 Å². The molecule has 0 heterocycles. The molecular formula is C14H19NO. The maximum atomic E-state index is 5.57. The molecule has 0 aromatic heterocycles. The molecule has 2 nitrogen and oxygen atoms in total. The second-order valence-corrected chi connectivity index (χ2v) is 3.84. The van der Waals surface area contributed by atoms with Crippen molar-refractivity contribution < 1.29 is 4.74 Å².